The molecule has 1 N–H and O–H groups in total. The number of nitrogens with zero attached hydrogens (tertiary/aromatic N) is 1. The van der Waals surface area contributed by atoms with Gasteiger partial charge in [0.05, 0.1) is 10.0 Å². The number of ether oxygens (including phenoxy) is 1. The van der Waals surface area contributed by atoms with Crippen LogP contribution in [0.4, 0.5) is 4.39 Å². The van der Waals surface area contributed by atoms with E-state index in [1.807, 2.05) is 0 Å². The SMILES string of the molecule is O=C(O)c1ccc(Oc2ccc(Br)c(F)c2)nc1. The highest BCUT2D eigenvalue weighted by Crippen LogP contribution is 2.24. The van der Waals surface area contributed by atoms with Crippen LogP contribution in [0.5, 0.6) is 11.6 Å². The summed E-state index contributed by atoms with van der Waals surface area (Å²) in [5.74, 6) is -1.04. The molecule has 0 bridgehead atoms. The molecule has 0 unspecified atom stereocenters. The van der Waals surface area contributed by atoms with Gasteiger partial charge < -0.3 is 9.84 Å². The number of hydrogen-bond donors (Lipinski definition) is 1. The standard InChI is InChI=1S/C12H7BrFNO3/c13-9-3-2-8(5-10(9)14)18-11-4-1-7(6-15-11)12(16)17/h1-6H,(H,16,17). The molecular formula is C12H7BrFNO3. The number of hydrogen-bond acceptors (Lipinski definition) is 3. The largest absolute Gasteiger partial charge is 0.478 e. The molecule has 0 radical (unpaired) electrons. The Hall–Kier alpha value is -1.95. The molecule has 1 aromatic heterocycles. The monoisotopic (exact) mass is 311 g/mol. The lowest BCUT2D eigenvalue weighted by molar-refractivity contribution is 0.0696. The van der Waals surface area contributed by atoms with Crippen LogP contribution in [0.15, 0.2) is 41.0 Å². The summed E-state index contributed by atoms with van der Waals surface area (Å²) in [6.45, 7) is 0. The second-order valence-electron chi connectivity index (χ2n) is 3.37. The van der Waals surface area contributed by atoms with Gasteiger partial charge in [0.1, 0.15) is 11.6 Å². The summed E-state index contributed by atoms with van der Waals surface area (Å²) >= 11 is 3.03. The van der Waals surface area contributed by atoms with Crippen LogP contribution >= 0.6 is 15.9 Å². The van der Waals surface area contributed by atoms with Crippen LogP contribution in [-0.4, -0.2) is 16.1 Å². The minimum Gasteiger partial charge on any atom is -0.478 e. The first kappa shape index (κ1) is 12.5. The number of carboxylic acid groups (broad SMARTS) is 1. The molecule has 0 fully saturated rings. The maximum absolute atomic E-state index is 13.2. The third kappa shape index (κ3) is 2.84. The first-order valence-corrected chi connectivity index (χ1v) is 5.68. The predicted molar refractivity (Wildman–Crippen MR) is 65.4 cm³/mol. The number of aromatic nitrogens is 1. The van der Waals surface area contributed by atoms with E-state index in [4.69, 9.17) is 9.84 Å². The Morgan fingerprint density at radius 1 is 1.33 bits per heavy atom. The highest BCUT2D eigenvalue weighted by Gasteiger charge is 2.06. The van der Waals surface area contributed by atoms with Gasteiger partial charge in [-0.1, -0.05) is 0 Å². The van der Waals surface area contributed by atoms with Crippen molar-refractivity contribution in [3.63, 3.8) is 0 Å². The molecule has 6 heteroatoms. The van der Waals surface area contributed by atoms with Crippen molar-refractivity contribution in [1.29, 1.82) is 0 Å². The van der Waals surface area contributed by atoms with E-state index in [1.54, 1.807) is 6.07 Å². The van der Waals surface area contributed by atoms with Gasteiger partial charge in [-0.3, -0.25) is 0 Å². The van der Waals surface area contributed by atoms with Gasteiger partial charge in [-0.2, -0.15) is 0 Å². The fraction of sp³-hybridized carbons (Fsp3) is 0. The van der Waals surface area contributed by atoms with Crippen molar-refractivity contribution < 1.29 is 19.0 Å². The molecule has 92 valence electrons. The molecule has 2 rings (SSSR count). The first-order chi connectivity index (χ1) is 8.56. The molecule has 0 aliphatic rings. The molecule has 1 heterocycles. The molecule has 0 spiro atoms. The number of carboxylic acids is 1. The van der Waals surface area contributed by atoms with Gasteiger partial charge in [-0.15, -0.1) is 0 Å². The average molecular weight is 312 g/mol. The van der Waals surface area contributed by atoms with Crippen molar-refractivity contribution in [2.45, 2.75) is 0 Å². The Bertz CT molecular complexity index is 586. The molecule has 0 atom stereocenters. The van der Waals surface area contributed by atoms with E-state index < -0.39 is 11.8 Å². The molecule has 1 aromatic carbocycles. The highest BCUT2D eigenvalue weighted by atomic mass is 79.9. The minimum atomic E-state index is -1.07. The number of halogens is 2. The molecule has 4 nitrogen and oxygen atoms in total. The Morgan fingerprint density at radius 2 is 2.11 bits per heavy atom. The molecular weight excluding hydrogens is 305 g/mol. The quantitative estimate of drug-likeness (QED) is 0.943. The summed E-state index contributed by atoms with van der Waals surface area (Å²) in [5.41, 5.74) is 0.0596. The molecule has 0 saturated heterocycles. The third-order valence-electron chi connectivity index (χ3n) is 2.10. The van der Waals surface area contributed by atoms with E-state index in [9.17, 15) is 9.18 Å². The highest BCUT2D eigenvalue weighted by molar-refractivity contribution is 9.10. The Kier molecular flexibility index (Phi) is 3.57. The third-order valence-corrected chi connectivity index (χ3v) is 2.74. The molecule has 0 amide bonds. The second-order valence-corrected chi connectivity index (χ2v) is 4.22. The summed E-state index contributed by atoms with van der Waals surface area (Å²) < 4.78 is 18.8. The zero-order valence-corrected chi connectivity index (χ0v) is 10.5. The molecule has 18 heavy (non-hydrogen) atoms. The minimum absolute atomic E-state index is 0.0596. The van der Waals surface area contributed by atoms with Crippen LogP contribution in [0, 0.1) is 5.82 Å². The first-order valence-electron chi connectivity index (χ1n) is 4.88. The van der Waals surface area contributed by atoms with Crippen LogP contribution < -0.4 is 4.74 Å². The van der Waals surface area contributed by atoms with Crippen molar-refractivity contribution in [2.24, 2.45) is 0 Å². The summed E-state index contributed by atoms with van der Waals surface area (Å²) in [4.78, 5) is 14.4. The Morgan fingerprint density at radius 3 is 2.67 bits per heavy atom. The fourth-order valence-corrected chi connectivity index (χ4v) is 1.47. The van der Waals surface area contributed by atoms with E-state index in [-0.39, 0.29) is 17.2 Å². The van der Waals surface area contributed by atoms with Crippen LogP contribution in [0.2, 0.25) is 0 Å². The molecule has 0 saturated carbocycles. The lowest BCUT2D eigenvalue weighted by atomic mass is 10.3. The number of aromatic carboxylic acids is 1. The summed E-state index contributed by atoms with van der Waals surface area (Å²) in [6, 6.07) is 7.05. The lowest BCUT2D eigenvalue weighted by Crippen LogP contribution is -1.97. The van der Waals surface area contributed by atoms with Crippen molar-refractivity contribution in [2.75, 3.05) is 0 Å². The smallest absolute Gasteiger partial charge is 0.337 e. The van der Waals surface area contributed by atoms with E-state index in [2.05, 4.69) is 20.9 Å². The van der Waals surface area contributed by atoms with Crippen LogP contribution in [0.25, 0.3) is 0 Å². The van der Waals surface area contributed by atoms with E-state index in [0.717, 1.165) is 0 Å². The molecule has 0 aliphatic carbocycles. The molecule has 0 aliphatic heterocycles. The van der Waals surface area contributed by atoms with Gasteiger partial charge in [-0.05, 0) is 34.1 Å². The number of carbonyl (C=O) groups is 1. The number of rotatable bonds is 3. The summed E-state index contributed by atoms with van der Waals surface area (Å²) in [6.07, 6.45) is 1.17. The Labute approximate surface area is 110 Å². The number of benzene rings is 1. The maximum atomic E-state index is 13.2. The van der Waals surface area contributed by atoms with E-state index in [1.165, 1.54) is 30.5 Å². The van der Waals surface area contributed by atoms with Gasteiger partial charge in [0.15, 0.2) is 0 Å². The van der Waals surface area contributed by atoms with Crippen LogP contribution in [-0.2, 0) is 0 Å². The van der Waals surface area contributed by atoms with Crippen molar-refractivity contribution in [3.8, 4) is 11.6 Å². The van der Waals surface area contributed by atoms with Crippen molar-refractivity contribution in [3.05, 3.63) is 52.4 Å². The van der Waals surface area contributed by atoms with E-state index >= 15 is 0 Å². The van der Waals surface area contributed by atoms with Gasteiger partial charge in [-0.25, -0.2) is 14.2 Å². The summed E-state index contributed by atoms with van der Waals surface area (Å²) in [7, 11) is 0. The van der Waals surface area contributed by atoms with Gasteiger partial charge >= 0.3 is 5.97 Å². The van der Waals surface area contributed by atoms with Gasteiger partial charge in [0, 0.05) is 18.3 Å². The Balaban J connectivity index is 2.18. The van der Waals surface area contributed by atoms with Crippen LogP contribution in [0.1, 0.15) is 10.4 Å². The lowest BCUT2D eigenvalue weighted by Gasteiger charge is -2.05. The zero-order chi connectivity index (χ0) is 13.1. The van der Waals surface area contributed by atoms with E-state index in [0.29, 0.717) is 4.47 Å². The van der Waals surface area contributed by atoms with Crippen molar-refractivity contribution >= 4 is 21.9 Å². The molecule has 2 aromatic rings. The average Bonchev–Trinajstić information content (AvgIpc) is 2.34. The number of pyridine rings is 1. The zero-order valence-electron chi connectivity index (χ0n) is 8.93. The predicted octanol–water partition coefficient (Wildman–Crippen LogP) is 3.47. The van der Waals surface area contributed by atoms with Crippen molar-refractivity contribution in [1.82, 2.24) is 4.98 Å². The topological polar surface area (TPSA) is 59.4 Å². The van der Waals surface area contributed by atoms with Gasteiger partial charge in [0.2, 0.25) is 5.88 Å². The fourth-order valence-electron chi connectivity index (χ4n) is 1.23. The second kappa shape index (κ2) is 5.14. The maximum Gasteiger partial charge on any atom is 0.337 e. The van der Waals surface area contributed by atoms with Gasteiger partial charge in [0.25, 0.3) is 0 Å². The van der Waals surface area contributed by atoms with Crippen LogP contribution in [0.3, 0.4) is 0 Å². The normalized spacial score (nSPS) is 10.1. The summed E-state index contributed by atoms with van der Waals surface area (Å²) in [5, 5.41) is 8.70.